The number of piperidine rings is 1. The number of rotatable bonds is 3. The predicted molar refractivity (Wildman–Crippen MR) is 96.8 cm³/mol. The number of benzene rings is 1. The number of hydrogen-bond donors (Lipinski definition) is 1. The Hall–Kier alpha value is -2.94. The number of nitrogens with two attached hydrogens (primary N) is 1. The summed E-state index contributed by atoms with van der Waals surface area (Å²) >= 11 is 0. The van der Waals surface area contributed by atoms with E-state index in [1.165, 1.54) is 20.0 Å². The normalized spacial score (nSPS) is 17.2. The Morgan fingerprint density at radius 3 is 2.60 bits per heavy atom. The third-order valence-electron chi connectivity index (χ3n) is 4.69. The zero-order valence-corrected chi connectivity index (χ0v) is 14.5. The van der Waals surface area contributed by atoms with E-state index < -0.39 is 5.97 Å². The Labute approximate surface area is 147 Å². The molecule has 1 atom stereocenters. The lowest BCUT2D eigenvalue weighted by molar-refractivity contribution is 0.0593. The summed E-state index contributed by atoms with van der Waals surface area (Å²) in [6, 6.07) is 9.95. The van der Waals surface area contributed by atoms with Gasteiger partial charge >= 0.3 is 5.97 Å². The van der Waals surface area contributed by atoms with Gasteiger partial charge in [0.1, 0.15) is 6.07 Å². The van der Waals surface area contributed by atoms with Crippen molar-refractivity contribution < 1.29 is 9.53 Å². The highest BCUT2D eigenvalue weighted by molar-refractivity contribution is 5.95. The molecule has 1 aromatic heterocycles. The second-order valence-corrected chi connectivity index (χ2v) is 6.49. The Bertz CT molecular complexity index is 817. The number of anilines is 2. The SMILES string of the molecule is COC(=O)c1c(N)c(C#N)cn1-c1ccc(N2CCCC(C)C2)cc1. The molecule has 2 aromatic rings. The molecule has 1 aliphatic heterocycles. The minimum absolute atomic E-state index is 0.142. The Morgan fingerprint density at radius 2 is 2.00 bits per heavy atom. The first-order valence-electron chi connectivity index (χ1n) is 8.39. The van der Waals surface area contributed by atoms with Crippen LogP contribution in [0.1, 0.15) is 35.8 Å². The summed E-state index contributed by atoms with van der Waals surface area (Å²) in [5.74, 6) is 0.134. The molecular formula is C19H22N4O2. The van der Waals surface area contributed by atoms with Crippen molar-refractivity contribution in [1.82, 2.24) is 4.57 Å². The van der Waals surface area contributed by atoms with Crippen LogP contribution in [0.4, 0.5) is 11.4 Å². The monoisotopic (exact) mass is 338 g/mol. The number of methoxy groups -OCH3 is 1. The molecule has 130 valence electrons. The van der Waals surface area contributed by atoms with Crippen molar-refractivity contribution in [3.05, 3.63) is 41.7 Å². The van der Waals surface area contributed by atoms with Gasteiger partial charge in [-0.2, -0.15) is 5.26 Å². The summed E-state index contributed by atoms with van der Waals surface area (Å²) in [4.78, 5) is 14.4. The zero-order chi connectivity index (χ0) is 18.0. The van der Waals surface area contributed by atoms with Crippen LogP contribution in [0.5, 0.6) is 0 Å². The van der Waals surface area contributed by atoms with E-state index in [1.54, 1.807) is 10.8 Å². The molecule has 6 nitrogen and oxygen atoms in total. The number of ether oxygens (including phenoxy) is 1. The fourth-order valence-electron chi connectivity index (χ4n) is 3.37. The molecule has 1 aliphatic rings. The van der Waals surface area contributed by atoms with Gasteiger partial charge in [0.15, 0.2) is 5.69 Å². The van der Waals surface area contributed by atoms with Crippen LogP contribution < -0.4 is 10.6 Å². The lowest BCUT2D eigenvalue weighted by atomic mass is 10.00. The van der Waals surface area contributed by atoms with Gasteiger partial charge in [0, 0.05) is 30.7 Å². The van der Waals surface area contributed by atoms with E-state index in [-0.39, 0.29) is 16.9 Å². The van der Waals surface area contributed by atoms with Crippen LogP contribution in [0.2, 0.25) is 0 Å². The van der Waals surface area contributed by atoms with Gasteiger partial charge in [-0.05, 0) is 43.0 Å². The van der Waals surface area contributed by atoms with E-state index in [9.17, 15) is 10.1 Å². The summed E-state index contributed by atoms with van der Waals surface area (Å²) in [6.45, 7) is 4.39. The minimum Gasteiger partial charge on any atom is -0.464 e. The van der Waals surface area contributed by atoms with E-state index in [2.05, 4.69) is 11.8 Å². The third-order valence-corrected chi connectivity index (χ3v) is 4.69. The molecule has 6 heteroatoms. The molecule has 0 bridgehead atoms. The van der Waals surface area contributed by atoms with Crippen molar-refractivity contribution >= 4 is 17.3 Å². The Kier molecular flexibility index (Phi) is 4.66. The molecule has 1 unspecified atom stereocenters. The first kappa shape index (κ1) is 16.9. The number of nitrogen functional groups attached to an aromatic ring is 1. The highest BCUT2D eigenvalue weighted by Gasteiger charge is 2.22. The van der Waals surface area contributed by atoms with Crippen molar-refractivity contribution in [3.63, 3.8) is 0 Å². The molecule has 0 aliphatic carbocycles. The van der Waals surface area contributed by atoms with Crippen molar-refractivity contribution in [2.75, 3.05) is 30.8 Å². The second kappa shape index (κ2) is 6.89. The van der Waals surface area contributed by atoms with Gasteiger partial charge in [0.25, 0.3) is 0 Å². The van der Waals surface area contributed by atoms with Gasteiger partial charge in [-0.15, -0.1) is 0 Å². The van der Waals surface area contributed by atoms with Gasteiger partial charge < -0.3 is 19.9 Å². The van der Waals surface area contributed by atoms with Crippen LogP contribution in [-0.4, -0.2) is 30.7 Å². The summed E-state index contributed by atoms with van der Waals surface area (Å²) in [5.41, 5.74) is 8.45. The van der Waals surface area contributed by atoms with Crippen molar-refractivity contribution in [2.24, 2.45) is 5.92 Å². The van der Waals surface area contributed by atoms with Gasteiger partial charge in [-0.3, -0.25) is 0 Å². The molecule has 0 saturated carbocycles. The molecule has 0 spiro atoms. The highest BCUT2D eigenvalue weighted by Crippen LogP contribution is 2.27. The predicted octanol–water partition coefficient (Wildman–Crippen LogP) is 2.95. The molecule has 0 radical (unpaired) electrons. The third kappa shape index (κ3) is 3.18. The first-order valence-corrected chi connectivity index (χ1v) is 8.39. The van der Waals surface area contributed by atoms with Gasteiger partial charge in [-0.1, -0.05) is 6.92 Å². The topological polar surface area (TPSA) is 84.3 Å². The fourth-order valence-corrected chi connectivity index (χ4v) is 3.37. The molecule has 2 N–H and O–H groups in total. The quantitative estimate of drug-likeness (QED) is 0.870. The highest BCUT2D eigenvalue weighted by atomic mass is 16.5. The standard InChI is InChI=1S/C19H22N4O2/c1-13-4-3-9-22(11-13)15-5-7-16(8-6-15)23-12-14(10-20)17(21)18(23)19(24)25-2/h5-8,12-13H,3-4,9,11,21H2,1-2H3. The first-order chi connectivity index (χ1) is 12.0. The average Bonchev–Trinajstić information content (AvgIpc) is 2.97. The number of carbonyl (C=O) groups excluding carboxylic acids is 1. The Balaban J connectivity index is 1.95. The van der Waals surface area contributed by atoms with Crippen LogP contribution >= 0.6 is 0 Å². The maximum Gasteiger partial charge on any atom is 0.357 e. The molecule has 0 amide bonds. The van der Waals surface area contributed by atoms with Crippen molar-refractivity contribution in [3.8, 4) is 11.8 Å². The number of nitrogens with zero attached hydrogens (tertiary/aromatic N) is 3. The molecule has 1 aromatic carbocycles. The van der Waals surface area contributed by atoms with E-state index in [0.29, 0.717) is 5.92 Å². The summed E-state index contributed by atoms with van der Waals surface area (Å²) in [7, 11) is 1.30. The number of hydrogen-bond acceptors (Lipinski definition) is 5. The summed E-state index contributed by atoms with van der Waals surface area (Å²) in [6.07, 6.45) is 4.05. The molecule has 25 heavy (non-hydrogen) atoms. The van der Waals surface area contributed by atoms with Crippen molar-refractivity contribution in [2.45, 2.75) is 19.8 Å². The molecule has 3 rings (SSSR count). The number of nitriles is 1. The van der Waals surface area contributed by atoms with Crippen molar-refractivity contribution in [1.29, 1.82) is 5.26 Å². The summed E-state index contributed by atoms with van der Waals surface area (Å²) in [5, 5.41) is 9.19. The van der Waals surface area contributed by atoms with Crippen LogP contribution in [-0.2, 0) is 4.74 Å². The van der Waals surface area contributed by atoms with E-state index >= 15 is 0 Å². The van der Waals surface area contributed by atoms with E-state index in [0.717, 1.165) is 24.5 Å². The minimum atomic E-state index is -0.562. The number of esters is 1. The molecule has 2 heterocycles. The van der Waals surface area contributed by atoms with Crippen LogP contribution in [0.3, 0.4) is 0 Å². The Morgan fingerprint density at radius 1 is 1.32 bits per heavy atom. The molecular weight excluding hydrogens is 316 g/mol. The largest absolute Gasteiger partial charge is 0.464 e. The second-order valence-electron chi connectivity index (χ2n) is 6.49. The van der Waals surface area contributed by atoms with Gasteiger partial charge in [0.2, 0.25) is 0 Å². The van der Waals surface area contributed by atoms with Crippen LogP contribution in [0.25, 0.3) is 5.69 Å². The lowest BCUT2D eigenvalue weighted by Gasteiger charge is -2.32. The number of carbonyl (C=O) groups is 1. The molecule has 1 fully saturated rings. The van der Waals surface area contributed by atoms with Crippen LogP contribution in [0, 0.1) is 17.2 Å². The smallest absolute Gasteiger partial charge is 0.357 e. The molecule has 1 saturated heterocycles. The van der Waals surface area contributed by atoms with E-state index in [4.69, 9.17) is 10.5 Å². The maximum atomic E-state index is 12.1. The van der Waals surface area contributed by atoms with E-state index in [1.807, 2.05) is 30.3 Å². The lowest BCUT2D eigenvalue weighted by Crippen LogP contribution is -2.34. The average molecular weight is 338 g/mol. The van der Waals surface area contributed by atoms with Crippen LogP contribution in [0.15, 0.2) is 30.5 Å². The fraction of sp³-hybridized carbons (Fsp3) is 0.368. The van der Waals surface area contributed by atoms with Gasteiger partial charge in [-0.25, -0.2) is 4.79 Å². The maximum absolute atomic E-state index is 12.1. The van der Waals surface area contributed by atoms with Gasteiger partial charge in [0.05, 0.1) is 18.4 Å². The summed E-state index contributed by atoms with van der Waals surface area (Å²) < 4.78 is 6.42. The number of aromatic nitrogens is 1. The zero-order valence-electron chi connectivity index (χ0n) is 14.5.